The van der Waals surface area contributed by atoms with E-state index in [2.05, 4.69) is 20.9 Å². The van der Waals surface area contributed by atoms with Gasteiger partial charge in [0.15, 0.2) is 6.10 Å². The van der Waals surface area contributed by atoms with Crippen molar-refractivity contribution in [3.63, 3.8) is 0 Å². The number of benzene rings is 1. The van der Waals surface area contributed by atoms with E-state index in [1.54, 1.807) is 24.3 Å². The number of ether oxygens (including phenoxy) is 2. The number of nitrogens with zero attached hydrogens (tertiary/aromatic N) is 1. The second kappa shape index (κ2) is 8.88. The summed E-state index contributed by atoms with van der Waals surface area (Å²) in [4.78, 5) is 4.00. The minimum Gasteiger partial charge on any atom is -0.481 e. The van der Waals surface area contributed by atoms with Crippen molar-refractivity contribution in [2.45, 2.75) is 25.3 Å². The summed E-state index contributed by atoms with van der Waals surface area (Å²) in [6.07, 6.45) is -5.30. The van der Waals surface area contributed by atoms with Gasteiger partial charge in [0.2, 0.25) is 5.88 Å². The zero-order valence-electron chi connectivity index (χ0n) is 12.9. The van der Waals surface area contributed by atoms with E-state index in [9.17, 15) is 13.2 Å². The lowest BCUT2D eigenvalue weighted by atomic mass is 10.1. The van der Waals surface area contributed by atoms with Gasteiger partial charge >= 0.3 is 6.18 Å². The summed E-state index contributed by atoms with van der Waals surface area (Å²) in [5.74, 6) is 0.394. The highest BCUT2D eigenvalue weighted by molar-refractivity contribution is 14.1. The summed E-state index contributed by atoms with van der Waals surface area (Å²) in [6, 6.07) is 6.29. The van der Waals surface area contributed by atoms with Crippen LogP contribution in [0.4, 0.5) is 13.2 Å². The first-order valence-corrected chi connectivity index (χ1v) is 9.26. The predicted molar refractivity (Wildman–Crippen MR) is 101 cm³/mol. The molecular formula is C16H13BrClF3INO2. The third-order valence-electron chi connectivity index (χ3n) is 3.34. The van der Waals surface area contributed by atoms with Crippen LogP contribution in [0.15, 0.2) is 34.9 Å². The zero-order valence-corrected chi connectivity index (χ0v) is 17.4. The molecule has 0 N–H and O–H groups in total. The second-order valence-electron chi connectivity index (χ2n) is 5.10. The average Bonchev–Trinajstić information content (AvgIpc) is 2.53. The average molecular weight is 551 g/mol. The van der Waals surface area contributed by atoms with Gasteiger partial charge in [0.05, 0.1) is 13.7 Å². The summed E-state index contributed by atoms with van der Waals surface area (Å²) in [7, 11) is 1.47. The molecule has 3 nitrogen and oxygen atoms in total. The number of rotatable bonds is 6. The zero-order chi connectivity index (χ0) is 18.6. The molecule has 0 bridgehead atoms. The van der Waals surface area contributed by atoms with Gasteiger partial charge in [0.25, 0.3) is 0 Å². The molecule has 2 rings (SSSR count). The SMILES string of the molecule is COc1cc(I)c(COC(Cc2ccc(Cl)cc2Br)C(F)(F)F)cn1. The summed E-state index contributed by atoms with van der Waals surface area (Å²) in [5.41, 5.74) is 1.03. The molecule has 0 aliphatic rings. The van der Waals surface area contributed by atoms with Crippen LogP contribution in [-0.4, -0.2) is 24.4 Å². The highest BCUT2D eigenvalue weighted by Gasteiger charge is 2.41. The Kier molecular flexibility index (Phi) is 7.36. The molecule has 1 aromatic carbocycles. The van der Waals surface area contributed by atoms with Crippen LogP contribution >= 0.6 is 50.1 Å². The first kappa shape index (κ1) is 20.7. The lowest BCUT2D eigenvalue weighted by Crippen LogP contribution is -2.33. The van der Waals surface area contributed by atoms with Gasteiger partial charge < -0.3 is 9.47 Å². The summed E-state index contributed by atoms with van der Waals surface area (Å²) >= 11 is 11.1. The Hall–Kier alpha value is -0.580. The standard InChI is InChI=1S/C16H13BrClF3INO2/c1-24-15-6-13(22)10(7-23-15)8-25-14(16(19,20)21)4-9-2-3-11(18)5-12(9)17/h2-3,5-7,14H,4,8H2,1H3. The maximum atomic E-state index is 13.3. The Morgan fingerprint density at radius 3 is 2.56 bits per heavy atom. The third-order valence-corrected chi connectivity index (χ3v) is 5.32. The number of hydrogen-bond donors (Lipinski definition) is 0. The van der Waals surface area contributed by atoms with Crippen molar-refractivity contribution in [3.8, 4) is 5.88 Å². The van der Waals surface area contributed by atoms with Crippen molar-refractivity contribution >= 4 is 50.1 Å². The Morgan fingerprint density at radius 2 is 2.00 bits per heavy atom. The van der Waals surface area contributed by atoms with Crippen LogP contribution < -0.4 is 4.74 Å². The molecule has 0 saturated heterocycles. The lowest BCUT2D eigenvalue weighted by molar-refractivity contribution is -0.223. The van der Waals surface area contributed by atoms with Gasteiger partial charge in [-0.05, 0) is 40.3 Å². The number of aromatic nitrogens is 1. The molecule has 1 aromatic heterocycles. The normalized spacial score (nSPS) is 12.9. The lowest BCUT2D eigenvalue weighted by Gasteiger charge is -2.22. The van der Waals surface area contributed by atoms with Gasteiger partial charge in [-0.3, -0.25) is 0 Å². The van der Waals surface area contributed by atoms with Crippen LogP contribution in [0.1, 0.15) is 11.1 Å². The summed E-state index contributed by atoms with van der Waals surface area (Å²) < 4.78 is 51.4. The fourth-order valence-corrected chi connectivity index (χ4v) is 3.41. The molecule has 0 spiro atoms. The van der Waals surface area contributed by atoms with E-state index in [0.717, 1.165) is 3.57 Å². The van der Waals surface area contributed by atoms with Gasteiger partial charge in [-0.15, -0.1) is 0 Å². The molecule has 0 aliphatic carbocycles. The molecule has 0 aliphatic heterocycles. The van der Waals surface area contributed by atoms with Crippen LogP contribution in [0.25, 0.3) is 0 Å². The van der Waals surface area contributed by atoms with E-state index in [-0.39, 0.29) is 13.0 Å². The molecule has 0 amide bonds. The Bertz CT molecular complexity index is 746. The molecule has 25 heavy (non-hydrogen) atoms. The van der Waals surface area contributed by atoms with E-state index >= 15 is 0 Å². The summed E-state index contributed by atoms with van der Waals surface area (Å²) in [6.45, 7) is -0.204. The maximum absolute atomic E-state index is 13.3. The minimum atomic E-state index is -4.50. The van der Waals surface area contributed by atoms with Gasteiger partial charge in [-0.1, -0.05) is 33.6 Å². The van der Waals surface area contributed by atoms with E-state index < -0.39 is 12.3 Å². The van der Waals surface area contributed by atoms with Crippen molar-refractivity contribution in [1.82, 2.24) is 4.98 Å². The third kappa shape index (κ3) is 5.97. The highest BCUT2D eigenvalue weighted by atomic mass is 127. The molecule has 1 unspecified atom stereocenters. The van der Waals surface area contributed by atoms with Crippen molar-refractivity contribution in [2.24, 2.45) is 0 Å². The topological polar surface area (TPSA) is 31.4 Å². The number of alkyl halides is 3. The van der Waals surface area contributed by atoms with Crippen LogP contribution in [0, 0.1) is 3.57 Å². The van der Waals surface area contributed by atoms with E-state index in [1.165, 1.54) is 13.3 Å². The van der Waals surface area contributed by atoms with Crippen molar-refractivity contribution < 1.29 is 22.6 Å². The molecule has 136 valence electrons. The number of methoxy groups -OCH3 is 1. The van der Waals surface area contributed by atoms with Crippen LogP contribution in [0.2, 0.25) is 5.02 Å². The quantitative estimate of drug-likeness (QED) is 0.426. The molecule has 9 heteroatoms. The van der Waals surface area contributed by atoms with Crippen molar-refractivity contribution in [1.29, 1.82) is 0 Å². The highest BCUT2D eigenvalue weighted by Crippen LogP contribution is 2.31. The van der Waals surface area contributed by atoms with E-state index in [4.69, 9.17) is 21.1 Å². The van der Waals surface area contributed by atoms with Gasteiger partial charge in [-0.25, -0.2) is 4.98 Å². The number of halogens is 6. The Labute approximate surface area is 170 Å². The number of hydrogen-bond acceptors (Lipinski definition) is 3. The first-order valence-electron chi connectivity index (χ1n) is 7.01. The van der Waals surface area contributed by atoms with E-state index in [0.29, 0.717) is 26.5 Å². The molecule has 1 heterocycles. The molecular weight excluding hydrogens is 537 g/mol. The molecule has 0 fully saturated rings. The smallest absolute Gasteiger partial charge is 0.414 e. The largest absolute Gasteiger partial charge is 0.481 e. The van der Waals surface area contributed by atoms with E-state index in [1.807, 2.05) is 22.6 Å². The Morgan fingerprint density at radius 1 is 1.28 bits per heavy atom. The Balaban J connectivity index is 2.13. The first-order chi connectivity index (χ1) is 11.7. The maximum Gasteiger partial charge on any atom is 0.414 e. The number of pyridine rings is 1. The second-order valence-corrected chi connectivity index (χ2v) is 7.55. The molecule has 0 radical (unpaired) electrons. The molecule has 1 atom stereocenters. The van der Waals surface area contributed by atoms with Gasteiger partial charge in [0.1, 0.15) is 0 Å². The molecule has 2 aromatic rings. The van der Waals surface area contributed by atoms with Crippen LogP contribution in [-0.2, 0) is 17.8 Å². The van der Waals surface area contributed by atoms with Crippen molar-refractivity contribution in [3.05, 3.63) is 54.7 Å². The van der Waals surface area contributed by atoms with Crippen LogP contribution in [0.5, 0.6) is 5.88 Å². The van der Waals surface area contributed by atoms with Gasteiger partial charge in [-0.2, -0.15) is 13.2 Å². The monoisotopic (exact) mass is 549 g/mol. The predicted octanol–water partition coefficient (Wildman–Crippen LogP) is 5.80. The minimum absolute atomic E-state index is 0.204. The summed E-state index contributed by atoms with van der Waals surface area (Å²) in [5, 5.41) is 0.443. The van der Waals surface area contributed by atoms with Crippen molar-refractivity contribution in [2.75, 3.05) is 7.11 Å². The fourth-order valence-electron chi connectivity index (χ4n) is 2.01. The molecule has 0 saturated carbocycles. The fraction of sp³-hybridized carbons (Fsp3) is 0.312. The van der Waals surface area contributed by atoms with Crippen LogP contribution in [0.3, 0.4) is 0 Å². The van der Waals surface area contributed by atoms with Gasteiger partial charge in [0, 0.05) is 37.3 Å².